The molecular formula is C23H25N2O2+. The Bertz CT molecular complexity index is 905. The zero-order valence-electron chi connectivity index (χ0n) is 16.0. The van der Waals surface area contributed by atoms with Gasteiger partial charge in [0.2, 0.25) is 6.04 Å². The highest BCUT2D eigenvalue weighted by atomic mass is 16.5. The van der Waals surface area contributed by atoms with Crippen LogP contribution in [0, 0.1) is 13.8 Å². The molecule has 3 aromatic rings. The van der Waals surface area contributed by atoms with Crippen LogP contribution in [0.2, 0.25) is 0 Å². The summed E-state index contributed by atoms with van der Waals surface area (Å²) in [5.74, 6) is 0.723. The Balaban J connectivity index is 1.60. The topological polar surface area (TPSA) is 42.2 Å². The summed E-state index contributed by atoms with van der Waals surface area (Å²) in [4.78, 5) is 12.6. The number of nitrogens with one attached hydrogen (secondary N) is 1. The maximum atomic E-state index is 12.6. The first kappa shape index (κ1) is 18.6. The predicted octanol–water partition coefficient (Wildman–Crippen LogP) is 4.37. The van der Waals surface area contributed by atoms with Crippen LogP contribution in [0.3, 0.4) is 0 Å². The lowest BCUT2D eigenvalue weighted by atomic mass is 10.2. The molecule has 0 saturated heterocycles. The van der Waals surface area contributed by atoms with E-state index in [2.05, 4.69) is 5.32 Å². The highest BCUT2D eigenvalue weighted by Crippen LogP contribution is 2.18. The third-order valence-electron chi connectivity index (χ3n) is 4.72. The van der Waals surface area contributed by atoms with Gasteiger partial charge >= 0.3 is 0 Å². The second-order valence-corrected chi connectivity index (χ2v) is 6.65. The maximum absolute atomic E-state index is 12.6. The zero-order valence-corrected chi connectivity index (χ0v) is 16.0. The third-order valence-corrected chi connectivity index (χ3v) is 4.72. The Labute approximate surface area is 160 Å². The molecule has 1 atom stereocenters. The lowest BCUT2D eigenvalue weighted by molar-refractivity contribution is -0.711. The number of hydrogen-bond donors (Lipinski definition) is 1. The van der Waals surface area contributed by atoms with Gasteiger partial charge in [-0.2, -0.15) is 4.57 Å². The molecule has 0 fully saturated rings. The van der Waals surface area contributed by atoms with Crippen LogP contribution in [0.15, 0.2) is 72.9 Å². The van der Waals surface area contributed by atoms with Crippen molar-refractivity contribution in [3.05, 3.63) is 89.7 Å². The van der Waals surface area contributed by atoms with Gasteiger partial charge in [-0.15, -0.1) is 0 Å². The molecule has 1 heterocycles. The Morgan fingerprint density at radius 2 is 1.70 bits per heavy atom. The number of aryl methyl sites for hydroxylation is 1. The average Bonchev–Trinajstić information content (AvgIpc) is 2.70. The summed E-state index contributed by atoms with van der Waals surface area (Å²) in [5.41, 5.74) is 4.13. The van der Waals surface area contributed by atoms with Crippen LogP contribution in [0.25, 0.3) is 0 Å². The Hall–Kier alpha value is -3.14. The first-order valence-electron chi connectivity index (χ1n) is 9.09. The number of benzene rings is 2. The molecule has 0 saturated carbocycles. The van der Waals surface area contributed by atoms with Crippen LogP contribution in [-0.4, -0.2) is 5.91 Å². The molecule has 0 aliphatic rings. The zero-order chi connectivity index (χ0) is 19.2. The number of nitrogens with zero attached hydrogens (tertiary/aromatic N) is 1. The van der Waals surface area contributed by atoms with Crippen LogP contribution >= 0.6 is 0 Å². The number of carbonyl (C=O) groups is 1. The van der Waals surface area contributed by atoms with Gasteiger partial charge < -0.3 is 10.1 Å². The molecule has 2 aromatic carbocycles. The molecule has 1 amide bonds. The third kappa shape index (κ3) is 4.73. The molecule has 0 radical (unpaired) electrons. The molecule has 4 nitrogen and oxygen atoms in total. The number of carbonyl (C=O) groups excluding carboxylic acids is 1. The van der Waals surface area contributed by atoms with Crippen molar-refractivity contribution in [1.29, 1.82) is 0 Å². The fraction of sp³-hybridized carbons (Fsp3) is 0.217. The molecule has 0 unspecified atom stereocenters. The fourth-order valence-electron chi connectivity index (χ4n) is 2.88. The van der Waals surface area contributed by atoms with Gasteiger partial charge in [-0.05, 0) is 42.8 Å². The number of anilines is 1. The minimum absolute atomic E-state index is 0.0494. The molecule has 0 aliphatic carbocycles. The van der Waals surface area contributed by atoms with Crippen LogP contribution < -0.4 is 14.6 Å². The summed E-state index contributed by atoms with van der Waals surface area (Å²) in [5, 5.41) is 2.97. The van der Waals surface area contributed by atoms with Crippen LogP contribution in [-0.2, 0) is 11.4 Å². The molecule has 4 heteroatoms. The molecule has 3 rings (SSSR count). The van der Waals surface area contributed by atoms with E-state index in [1.165, 1.54) is 0 Å². The number of rotatable bonds is 6. The number of pyridine rings is 1. The summed E-state index contributed by atoms with van der Waals surface area (Å²) < 4.78 is 7.77. The summed E-state index contributed by atoms with van der Waals surface area (Å²) in [6, 6.07) is 21.2. The van der Waals surface area contributed by atoms with Crippen LogP contribution in [0.5, 0.6) is 5.75 Å². The summed E-state index contributed by atoms with van der Waals surface area (Å²) in [6.07, 6.45) is 1.94. The number of ether oxygens (including phenoxy) is 1. The second kappa shape index (κ2) is 8.49. The monoisotopic (exact) mass is 361 g/mol. The van der Waals surface area contributed by atoms with E-state index in [9.17, 15) is 4.79 Å². The van der Waals surface area contributed by atoms with E-state index in [4.69, 9.17) is 4.74 Å². The van der Waals surface area contributed by atoms with Crippen molar-refractivity contribution in [2.45, 2.75) is 33.4 Å². The Kier molecular flexibility index (Phi) is 5.87. The second-order valence-electron chi connectivity index (χ2n) is 6.65. The minimum Gasteiger partial charge on any atom is -0.489 e. The molecule has 0 aliphatic heterocycles. The first-order valence-corrected chi connectivity index (χ1v) is 9.09. The van der Waals surface area contributed by atoms with Crippen LogP contribution in [0.1, 0.15) is 29.8 Å². The van der Waals surface area contributed by atoms with Gasteiger partial charge in [-0.1, -0.05) is 30.3 Å². The molecule has 138 valence electrons. The van der Waals surface area contributed by atoms with Gasteiger partial charge in [0.1, 0.15) is 12.4 Å². The van der Waals surface area contributed by atoms with Gasteiger partial charge in [0, 0.05) is 31.2 Å². The molecule has 27 heavy (non-hydrogen) atoms. The lowest BCUT2D eigenvalue weighted by Gasteiger charge is -2.12. The maximum Gasteiger partial charge on any atom is 0.293 e. The van der Waals surface area contributed by atoms with E-state index in [1.54, 1.807) is 0 Å². The van der Waals surface area contributed by atoms with Crippen LogP contribution in [0.4, 0.5) is 5.69 Å². The highest BCUT2D eigenvalue weighted by Gasteiger charge is 2.24. The highest BCUT2D eigenvalue weighted by molar-refractivity contribution is 5.92. The van der Waals surface area contributed by atoms with Crippen molar-refractivity contribution < 1.29 is 14.1 Å². The van der Waals surface area contributed by atoms with Gasteiger partial charge in [0.05, 0.1) is 0 Å². The fourth-order valence-corrected chi connectivity index (χ4v) is 2.88. The Morgan fingerprint density at radius 3 is 2.41 bits per heavy atom. The van der Waals surface area contributed by atoms with Gasteiger partial charge in [-0.3, -0.25) is 4.79 Å². The quantitative estimate of drug-likeness (QED) is 0.663. The smallest absolute Gasteiger partial charge is 0.293 e. The van der Waals surface area contributed by atoms with E-state index in [0.717, 1.165) is 28.3 Å². The summed E-state index contributed by atoms with van der Waals surface area (Å²) in [6.45, 7) is 6.49. The van der Waals surface area contributed by atoms with Gasteiger partial charge in [0.25, 0.3) is 5.91 Å². The van der Waals surface area contributed by atoms with Crippen molar-refractivity contribution in [2.75, 3.05) is 5.32 Å². The average molecular weight is 361 g/mol. The first-order chi connectivity index (χ1) is 13.0. The molecule has 0 bridgehead atoms. The van der Waals surface area contributed by atoms with E-state index in [0.29, 0.717) is 6.61 Å². The molecule has 0 spiro atoms. The van der Waals surface area contributed by atoms with Crippen molar-refractivity contribution in [3.63, 3.8) is 0 Å². The number of amides is 1. The van der Waals surface area contributed by atoms with Crippen molar-refractivity contribution in [3.8, 4) is 5.75 Å². The summed E-state index contributed by atoms with van der Waals surface area (Å²) >= 11 is 0. The standard InChI is InChI=1S/C23H24N2O2/c1-17-8-7-15-25(18(17)2)19(3)23(26)24-21-11-13-22(14-12-21)27-16-20-9-5-4-6-10-20/h4-15,19H,16H2,1-3H3/p+1/t19-/m0/s1. The van der Waals surface area contributed by atoms with E-state index >= 15 is 0 Å². The SMILES string of the molecule is Cc1ccc[n+]([C@@H](C)C(=O)Nc2ccc(OCc3ccccc3)cc2)c1C. The van der Waals surface area contributed by atoms with Gasteiger partial charge in [0.15, 0.2) is 11.9 Å². The van der Waals surface area contributed by atoms with E-state index in [-0.39, 0.29) is 11.9 Å². The molecule has 1 N–H and O–H groups in total. The molecule has 1 aromatic heterocycles. The number of hydrogen-bond acceptors (Lipinski definition) is 2. The molecular weight excluding hydrogens is 336 g/mol. The normalized spacial score (nSPS) is 11.7. The van der Waals surface area contributed by atoms with Crippen molar-refractivity contribution in [1.82, 2.24) is 0 Å². The number of aromatic nitrogens is 1. The Morgan fingerprint density at radius 1 is 1.00 bits per heavy atom. The largest absolute Gasteiger partial charge is 0.489 e. The predicted molar refractivity (Wildman–Crippen MR) is 107 cm³/mol. The lowest BCUT2D eigenvalue weighted by Crippen LogP contribution is -2.47. The van der Waals surface area contributed by atoms with Crippen molar-refractivity contribution >= 4 is 11.6 Å². The van der Waals surface area contributed by atoms with E-state index < -0.39 is 0 Å². The van der Waals surface area contributed by atoms with Gasteiger partial charge in [-0.25, -0.2) is 0 Å². The summed E-state index contributed by atoms with van der Waals surface area (Å²) in [7, 11) is 0. The minimum atomic E-state index is -0.293. The van der Waals surface area contributed by atoms with Crippen molar-refractivity contribution in [2.24, 2.45) is 0 Å². The van der Waals surface area contributed by atoms with E-state index in [1.807, 2.05) is 98.3 Å².